The Morgan fingerprint density at radius 1 is 1.05 bits per heavy atom. The molecule has 2 nitrogen and oxygen atoms in total. The minimum absolute atomic E-state index is 0.0475. The molecule has 2 aliphatic rings. The van der Waals surface area contributed by atoms with E-state index in [9.17, 15) is 0 Å². The van der Waals surface area contributed by atoms with Gasteiger partial charge in [-0.25, -0.2) is 0 Å². The molecule has 0 saturated heterocycles. The Hall–Kier alpha value is -1.32. The van der Waals surface area contributed by atoms with Crippen molar-refractivity contribution < 1.29 is 4.74 Å². The molecule has 0 radical (unpaired) electrons. The smallest absolute Gasteiger partial charge is 0.127 e. The largest absolute Gasteiger partial charge is 0.493 e. The Balaban J connectivity index is 1.71. The Morgan fingerprint density at radius 2 is 1.90 bits per heavy atom. The van der Waals surface area contributed by atoms with Crippen LogP contribution in [0.2, 0.25) is 0 Å². The van der Waals surface area contributed by atoms with Crippen LogP contribution in [0.1, 0.15) is 51.7 Å². The van der Waals surface area contributed by atoms with Crippen molar-refractivity contribution in [3.8, 4) is 5.75 Å². The van der Waals surface area contributed by atoms with Crippen LogP contribution in [0.3, 0.4) is 0 Å². The molecule has 0 bridgehead atoms. The lowest BCUT2D eigenvalue weighted by atomic mass is 9.96. The molecule has 2 N–H and O–H groups in total. The predicted octanol–water partition coefficient (Wildman–Crippen LogP) is 4.00. The van der Waals surface area contributed by atoms with Gasteiger partial charge in [0.05, 0.1) is 12.6 Å². The summed E-state index contributed by atoms with van der Waals surface area (Å²) >= 11 is 1.91. The number of rotatable bonds is 2. The summed E-state index contributed by atoms with van der Waals surface area (Å²) in [6.45, 7) is 0.817. The third-order valence-electron chi connectivity index (χ3n) is 4.62. The molecule has 1 aliphatic heterocycles. The normalized spacial score (nSPS) is 18.5. The monoisotopic (exact) mass is 299 g/mol. The molecule has 1 aromatic heterocycles. The van der Waals surface area contributed by atoms with Gasteiger partial charge in [-0.1, -0.05) is 18.2 Å². The van der Waals surface area contributed by atoms with E-state index in [0.717, 1.165) is 30.8 Å². The van der Waals surface area contributed by atoms with Crippen LogP contribution in [0.25, 0.3) is 0 Å². The second kappa shape index (κ2) is 5.47. The highest BCUT2D eigenvalue weighted by Crippen LogP contribution is 2.39. The molecule has 3 heteroatoms. The molecular formula is C18H21NOS. The van der Waals surface area contributed by atoms with Crippen molar-refractivity contribution in [1.29, 1.82) is 0 Å². The summed E-state index contributed by atoms with van der Waals surface area (Å²) in [6, 6.07) is 8.72. The fourth-order valence-corrected chi connectivity index (χ4v) is 4.76. The fourth-order valence-electron chi connectivity index (χ4n) is 3.48. The molecule has 2 aromatic rings. The van der Waals surface area contributed by atoms with Gasteiger partial charge < -0.3 is 10.5 Å². The van der Waals surface area contributed by atoms with Crippen LogP contribution in [-0.4, -0.2) is 6.61 Å². The third kappa shape index (κ3) is 2.39. The van der Waals surface area contributed by atoms with Gasteiger partial charge in [-0.15, -0.1) is 11.3 Å². The van der Waals surface area contributed by atoms with E-state index in [1.54, 1.807) is 4.88 Å². The summed E-state index contributed by atoms with van der Waals surface area (Å²) < 4.78 is 5.92. The Kier molecular flexibility index (Phi) is 3.48. The number of hydrogen-bond acceptors (Lipinski definition) is 3. The summed E-state index contributed by atoms with van der Waals surface area (Å²) in [5, 5.41) is 0. The first-order valence-electron chi connectivity index (χ1n) is 7.94. The lowest BCUT2D eigenvalue weighted by molar-refractivity contribution is 0.284. The second-order valence-corrected chi connectivity index (χ2v) is 7.24. The molecule has 2 heterocycles. The Labute approximate surface area is 129 Å². The Morgan fingerprint density at radius 3 is 2.81 bits per heavy atom. The van der Waals surface area contributed by atoms with Crippen molar-refractivity contribution in [3.05, 3.63) is 50.7 Å². The van der Waals surface area contributed by atoms with E-state index in [0.29, 0.717) is 0 Å². The maximum atomic E-state index is 6.58. The van der Waals surface area contributed by atoms with Gasteiger partial charge in [-0.2, -0.15) is 0 Å². The highest BCUT2D eigenvalue weighted by atomic mass is 32.1. The van der Waals surface area contributed by atoms with Crippen molar-refractivity contribution in [3.63, 3.8) is 0 Å². The predicted molar refractivity (Wildman–Crippen MR) is 87.2 cm³/mol. The van der Waals surface area contributed by atoms with Gasteiger partial charge in [0, 0.05) is 15.3 Å². The van der Waals surface area contributed by atoms with E-state index in [2.05, 4.69) is 24.3 Å². The summed E-state index contributed by atoms with van der Waals surface area (Å²) in [5.41, 5.74) is 10.6. The van der Waals surface area contributed by atoms with Gasteiger partial charge in [0.25, 0.3) is 0 Å². The molecule has 0 amide bonds. The van der Waals surface area contributed by atoms with E-state index in [1.165, 1.54) is 41.7 Å². The van der Waals surface area contributed by atoms with Gasteiger partial charge >= 0.3 is 0 Å². The van der Waals surface area contributed by atoms with Crippen LogP contribution < -0.4 is 10.5 Å². The highest BCUT2D eigenvalue weighted by molar-refractivity contribution is 7.12. The van der Waals surface area contributed by atoms with Crippen molar-refractivity contribution in [1.82, 2.24) is 0 Å². The zero-order valence-corrected chi connectivity index (χ0v) is 13.0. The molecule has 0 saturated carbocycles. The van der Waals surface area contributed by atoms with Crippen LogP contribution >= 0.6 is 11.3 Å². The van der Waals surface area contributed by atoms with Gasteiger partial charge in [-0.3, -0.25) is 0 Å². The lowest BCUT2D eigenvalue weighted by Gasteiger charge is -2.22. The summed E-state index contributed by atoms with van der Waals surface area (Å²) in [5.74, 6) is 1.04. The summed E-state index contributed by atoms with van der Waals surface area (Å²) in [4.78, 5) is 2.85. The van der Waals surface area contributed by atoms with Crippen LogP contribution in [0.4, 0.5) is 0 Å². The van der Waals surface area contributed by atoms with E-state index >= 15 is 0 Å². The topological polar surface area (TPSA) is 35.2 Å². The first-order valence-corrected chi connectivity index (χ1v) is 8.76. The molecule has 1 aliphatic carbocycles. The molecule has 21 heavy (non-hydrogen) atoms. The number of fused-ring (bicyclic) bond motifs is 2. The first kappa shape index (κ1) is 13.4. The zero-order valence-electron chi connectivity index (χ0n) is 12.2. The lowest BCUT2D eigenvalue weighted by Crippen LogP contribution is -2.16. The number of nitrogens with two attached hydrogens (primary N) is 1. The number of aryl methyl sites for hydroxylation is 3. The fraction of sp³-hybridized carbons (Fsp3) is 0.444. The molecule has 110 valence electrons. The van der Waals surface area contributed by atoms with E-state index in [1.807, 2.05) is 11.3 Å². The third-order valence-corrected chi connectivity index (χ3v) is 5.94. The molecule has 0 spiro atoms. The molecule has 0 fully saturated rings. The van der Waals surface area contributed by atoms with Crippen molar-refractivity contribution in [2.75, 3.05) is 6.61 Å². The molecule has 4 rings (SSSR count). The van der Waals surface area contributed by atoms with E-state index in [4.69, 9.17) is 10.5 Å². The van der Waals surface area contributed by atoms with Gasteiger partial charge in [0.1, 0.15) is 5.75 Å². The average Bonchev–Trinajstić information content (AvgIpc) is 2.97. The molecular weight excluding hydrogens is 278 g/mol. The molecule has 1 aromatic carbocycles. The van der Waals surface area contributed by atoms with Crippen LogP contribution in [0.5, 0.6) is 5.75 Å². The van der Waals surface area contributed by atoms with E-state index in [-0.39, 0.29) is 6.04 Å². The van der Waals surface area contributed by atoms with Crippen molar-refractivity contribution in [2.45, 2.75) is 44.6 Å². The number of thiophene rings is 1. The Bertz CT molecular complexity index is 638. The van der Waals surface area contributed by atoms with Crippen LogP contribution in [-0.2, 0) is 19.3 Å². The SMILES string of the molecule is NC(c1cc2c(s1)CCCC2)c1cccc2c1OCCC2. The van der Waals surface area contributed by atoms with E-state index < -0.39 is 0 Å². The minimum Gasteiger partial charge on any atom is -0.493 e. The number of benzene rings is 1. The molecule has 1 atom stereocenters. The quantitative estimate of drug-likeness (QED) is 0.909. The minimum atomic E-state index is -0.0475. The first-order chi connectivity index (χ1) is 10.3. The van der Waals surface area contributed by atoms with Crippen molar-refractivity contribution >= 4 is 11.3 Å². The van der Waals surface area contributed by atoms with Gasteiger partial charge in [0.2, 0.25) is 0 Å². The zero-order chi connectivity index (χ0) is 14.2. The number of hydrogen-bond donors (Lipinski definition) is 1. The van der Waals surface area contributed by atoms with Crippen molar-refractivity contribution in [2.24, 2.45) is 5.73 Å². The van der Waals surface area contributed by atoms with Crippen LogP contribution in [0, 0.1) is 0 Å². The maximum absolute atomic E-state index is 6.58. The standard InChI is InChI=1S/C18H21NOS/c19-17(16-11-13-5-1-2-9-15(13)21-16)14-8-3-6-12-7-4-10-20-18(12)14/h3,6,8,11,17H,1-2,4-5,7,9-10,19H2. The average molecular weight is 299 g/mol. The van der Waals surface area contributed by atoms with Gasteiger partial charge in [-0.05, 0) is 55.7 Å². The van der Waals surface area contributed by atoms with Crippen LogP contribution in [0.15, 0.2) is 24.3 Å². The highest BCUT2D eigenvalue weighted by Gasteiger charge is 2.23. The summed E-state index contributed by atoms with van der Waals surface area (Å²) in [7, 11) is 0. The number of ether oxygens (including phenoxy) is 1. The summed E-state index contributed by atoms with van der Waals surface area (Å²) in [6.07, 6.45) is 7.32. The second-order valence-electron chi connectivity index (χ2n) is 6.07. The molecule has 1 unspecified atom stereocenters. The van der Waals surface area contributed by atoms with Gasteiger partial charge in [0.15, 0.2) is 0 Å². The number of para-hydroxylation sites is 1. The maximum Gasteiger partial charge on any atom is 0.127 e.